The topological polar surface area (TPSA) is 39.2 Å². The molecular weight excluding hydrogens is 238 g/mol. The van der Waals surface area contributed by atoms with Crippen molar-refractivity contribution in [3.05, 3.63) is 42.1 Å². The van der Waals surface area contributed by atoms with Gasteiger partial charge in [0, 0.05) is 11.6 Å². The van der Waals surface area contributed by atoms with Crippen molar-refractivity contribution in [1.82, 2.24) is 4.98 Å². The van der Waals surface area contributed by atoms with E-state index in [9.17, 15) is 4.79 Å². The van der Waals surface area contributed by atoms with E-state index in [2.05, 4.69) is 11.9 Å². The van der Waals surface area contributed by atoms with Gasteiger partial charge in [-0.2, -0.15) is 0 Å². The maximum atomic E-state index is 12.0. The van der Waals surface area contributed by atoms with Crippen molar-refractivity contribution >= 4 is 16.9 Å². The first kappa shape index (κ1) is 13.5. The number of hydrogen-bond acceptors (Lipinski definition) is 3. The molecule has 1 aromatic carbocycles. The van der Waals surface area contributed by atoms with Crippen LogP contribution in [-0.4, -0.2) is 17.6 Å². The molecule has 0 aliphatic rings. The second kappa shape index (κ2) is 6.32. The van der Waals surface area contributed by atoms with Gasteiger partial charge in [-0.3, -0.25) is 9.78 Å². The summed E-state index contributed by atoms with van der Waals surface area (Å²) in [6.07, 6.45) is 3.52. The second-order valence-corrected chi connectivity index (χ2v) is 4.55. The van der Waals surface area contributed by atoms with Crippen molar-refractivity contribution in [1.29, 1.82) is 0 Å². The molecule has 0 saturated carbocycles. The molecule has 1 atom stereocenters. The van der Waals surface area contributed by atoms with Crippen LogP contribution in [0.4, 0.5) is 0 Å². The Kier molecular flexibility index (Phi) is 4.50. The van der Waals surface area contributed by atoms with Gasteiger partial charge in [-0.1, -0.05) is 31.5 Å². The molecule has 3 heteroatoms. The monoisotopic (exact) mass is 257 g/mol. The molecule has 2 rings (SSSR count). The van der Waals surface area contributed by atoms with Crippen LogP contribution < -0.4 is 0 Å². The van der Waals surface area contributed by atoms with Crippen molar-refractivity contribution in [2.75, 3.05) is 6.61 Å². The molecule has 3 nitrogen and oxygen atoms in total. The number of carbonyl (C=O) groups is 1. The number of esters is 1. The lowest BCUT2D eigenvalue weighted by Gasteiger charge is -2.15. The van der Waals surface area contributed by atoms with Gasteiger partial charge in [0.15, 0.2) is 0 Å². The maximum Gasteiger partial charge on any atom is 0.313 e. The molecule has 0 saturated heterocycles. The lowest BCUT2D eigenvalue weighted by molar-refractivity contribution is -0.145. The third-order valence-electron chi connectivity index (χ3n) is 3.18. The van der Waals surface area contributed by atoms with Crippen molar-refractivity contribution in [2.24, 2.45) is 0 Å². The van der Waals surface area contributed by atoms with Gasteiger partial charge in [0.2, 0.25) is 0 Å². The van der Waals surface area contributed by atoms with E-state index in [4.69, 9.17) is 4.74 Å². The number of nitrogens with zero attached hydrogens (tertiary/aromatic N) is 1. The number of fused-ring (bicyclic) bond motifs is 1. The fraction of sp³-hybridized carbons (Fsp3) is 0.375. The predicted octanol–water partition coefficient (Wildman–Crippen LogP) is 3.68. The number of hydrogen-bond donors (Lipinski definition) is 0. The normalized spacial score (nSPS) is 12.3. The average molecular weight is 257 g/mol. The highest BCUT2D eigenvalue weighted by Gasteiger charge is 2.21. The SMILES string of the molecule is CCCC(C(=O)OCC)c1ccc2cccnc2c1. The second-order valence-electron chi connectivity index (χ2n) is 4.55. The zero-order valence-corrected chi connectivity index (χ0v) is 11.4. The van der Waals surface area contributed by atoms with Gasteiger partial charge >= 0.3 is 5.97 Å². The summed E-state index contributed by atoms with van der Waals surface area (Å²) in [7, 11) is 0. The number of carbonyl (C=O) groups excluding carboxylic acids is 1. The Balaban J connectivity index is 2.35. The zero-order valence-electron chi connectivity index (χ0n) is 11.4. The molecule has 1 heterocycles. The van der Waals surface area contributed by atoms with Crippen LogP contribution in [0, 0.1) is 0 Å². The molecule has 0 fully saturated rings. The fourth-order valence-corrected chi connectivity index (χ4v) is 2.25. The molecule has 2 aromatic rings. The lowest BCUT2D eigenvalue weighted by Crippen LogP contribution is -2.16. The maximum absolute atomic E-state index is 12.0. The molecule has 1 aromatic heterocycles. The van der Waals surface area contributed by atoms with Crippen LogP contribution in [0.1, 0.15) is 38.2 Å². The fourth-order valence-electron chi connectivity index (χ4n) is 2.25. The van der Waals surface area contributed by atoms with Crippen LogP contribution in [0.3, 0.4) is 0 Å². The van der Waals surface area contributed by atoms with E-state index in [1.807, 2.05) is 37.3 Å². The average Bonchev–Trinajstić information content (AvgIpc) is 2.44. The van der Waals surface area contributed by atoms with Gasteiger partial charge in [-0.15, -0.1) is 0 Å². The minimum atomic E-state index is -0.184. The first-order valence-corrected chi connectivity index (χ1v) is 6.77. The van der Waals surface area contributed by atoms with Crippen LogP contribution in [-0.2, 0) is 9.53 Å². The van der Waals surface area contributed by atoms with Crippen molar-refractivity contribution in [3.8, 4) is 0 Å². The molecule has 0 bridgehead atoms. The summed E-state index contributed by atoms with van der Waals surface area (Å²) in [5, 5.41) is 1.09. The third-order valence-corrected chi connectivity index (χ3v) is 3.18. The van der Waals surface area contributed by atoms with Crippen LogP contribution in [0.15, 0.2) is 36.5 Å². The smallest absolute Gasteiger partial charge is 0.313 e. The Labute approximate surface area is 113 Å². The quantitative estimate of drug-likeness (QED) is 0.767. The Morgan fingerprint density at radius 1 is 1.32 bits per heavy atom. The third kappa shape index (κ3) is 3.11. The highest BCUT2D eigenvalue weighted by atomic mass is 16.5. The summed E-state index contributed by atoms with van der Waals surface area (Å²) in [5.74, 6) is -0.323. The minimum absolute atomic E-state index is 0.139. The molecule has 0 amide bonds. The Morgan fingerprint density at radius 2 is 2.16 bits per heavy atom. The van der Waals surface area contributed by atoms with Gasteiger partial charge in [0.25, 0.3) is 0 Å². The highest BCUT2D eigenvalue weighted by Crippen LogP contribution is 2.25. The van der Waals surface area contributed by atoms with Crippen LogP contribution >= 0.6 is 0 Å². The number of ether oxygens (including phenoxy) is 1. The van der Waals surface area contributed by atoms with Crippen LogP contribution in [0.25, 0.3) is 10.9 Å². The minimum Gasteiger partial charge on any atom is -0.466 e. The molecule has 0 aliphatic carbocycles. The van der Waals surface area contributed by atoms with E-state index < -0.39 is 0 Å². The molecule has 1 unspecified atom stereocenters. The van der Waals surface area contributed by atoms with E-state index in [0.717, 1.165) is 29.3 Å². The molecule has 0 radical (unpaired) electrons. The molecule has 0 aliphatic heterocycles. The van der Waals surface area contributed by atoms with E-state index in [-0.39, 0.29) is 11.9 Å². The van der Waals surface area contributed by atoms with Crippen molar-refractivity contribution < 1.29 is 9.53 Å². The molecular formula is C16H19NO2. The van der Waals surface area contributed by atoms with Crippen LogP contribution in [0.5, 0.6) is 0 Å². The van der Waals surface area contributed by atoms with Gasteiger partial charge in [-0.25, -0.2) is 0 Å². The molecule has 19 heavy (non-hydrogen) atoms. The van der Waals surface area contributed by atoms with E-state index in [0.29, 0.717) is 6.61 Å². The largest absolute Gasteiger partial charge is 0.466 e. The predicted molar refractivity (Wildman–Crippen MR) is 76.0 cm³/mol. The molecule has 100 valence electrons. The first-order chi connectivity index (χ1) is 9.26. The van der Waals surface area contributed by atoms with Gasteiger partial charge in [0.1, 0.15) is 0 Å². The Morgan fingerprint density at radius 3 is 2.89 bits per heavy atom. The number of aromatic nitrogens is 1. The summed E-state index contributed by atoms with van der Waals surface area (Å²) in [5.41, 5.74) is 1.91. The standard InChI is InChI=1S/C16H19NO2/c1-3-6-14(16(18)19-4-2)13-9-8-12-7-5-10-17-15(12)11-13/h5,7-11,14H,3-4,6H2,1-2H3. The molecule has 0 spiro atoms. The lowest BCUT2D eigenvalue weighted by atomic mass is 9.93. The highest BCUT2D eigenvalue weighted by molar-refractivity contribution is 5.83. The van der Waals surface area contributed by atoms with Crippen molar-refractivity contribution in [2.45, 2.75) is 32.6 Å². The van der Waals surface area contributed by atoms with Gasteiger partial charge in [0.05, 0.1) is 18.0 Å². The van der Waals surface area contributed by atoms with Crippen molar-refractivity contribution in [3.63, 3.8) is 0 Å². The van der Waals surface area contributed by atoms with Gasteiger partial charge < -0.3 is 4.74 Å². The number of rotatable bonds is 5. The van der Waals surface area contributed by atoms with Crippen LogP contribution in [0.2, 0.25) is 0 Å². The summed E-state index contributed by atoms with van der Waals surface area (Å²) in [6.45, 7) is 4.33. The number of benzene rings is 1. The summed E-state index contributed by atoms with van der Waals surface area (Å²) < 4.78 is 5.16. The Bertz CT molecular complexity index is 565. The van der Waals surface area contributed by atoms with E-state index >= 15 is 0 Å². The van der Waals surface area contributed by atoms with E-state index in [1.54, 1.807) is 6.20 Å². The zero-order chi connectivity index (χ0) is 13.7. The first-order valence-electron chi connectivity index (χ1n) is 6.77. The summed E-state index contributed by atoms with van der Waals surface area (Å²) in [4.78, 5) is 16.4. The summed E-state index contributed by atoms with van der Waals surface area (Å²) >= 11 is 0. The van der Waals surface area contributed by atoms with Gasteiger partial charge in [-0.05, 0) is 31.0 Å². The Hall–Kier alpha value is -1.90. The van der Waals surface area contributed by atoms with E-state index in [1.165, 1.54) is 0 Å². The summed E-state index contributed by atoms with van der Waals surface area (Å²) in [6, 6.07) is 9.94. The number of pyridine rings is 1. The molecule has 0 N–H and O–H groups in total.